The van der Waals surface area contributed by atoms with E-state index in [1.54, 1.807) is 9.13 Å². The van der Waals surface area contributed by atoms with E-state index in [9.17, 15) is 24.0 Å². The number of H-pyrrole nitrogens is 3. The van der Waals surface area contributed by atoms with Crippen LogP contribution in [0.4, 0.5) is 23.0 Å². The lowest BCUT2D eigenvalue weighted by Gasteiger charge is -2.40. The number of tetrazole rings is 1. The fraction of sp³-hybridized carbons (Fsp3) is 0.706. The van der Waals surface area contributed by atoms with Gasteiger partial charge in [0, 0.05) is 38.5 Å². The molecule has 0 spiro atoms. The van der Waals surface area contributed by atoms with Crippen molar-refractivity contribution in [3.05, 3.63) is 47.5 Å². The van der Waals surface area contributed by atoms with E-state index in [-0.39, 0.29) is 37.3 Å². The van der Waals surface area contributed by atoms with E-state index in [0.717, 1.165) is 64.2 Å². The second kappa shape index (κ2) is 15.4. The SMILES string of the molecule is CCCC(CCN1c2c(c(=O)[nH]c(=O)n2CCCC(N)=O)NC1C1CCCC1)N1c2c(c(=O)[nH]c(=O)n2CCCc2nnn[nH]2)NC1C1CCCC1. The zero-order valence-electron chi connectivity index (χ0n) is 29.9. The molecule has 0 aromatic carbocycles. The normalized spacial score (nSPS) is 20.6. The molecule has 3 aromatic heterocycles. The van der Waals surface area contributed by atoms with Crippen LogP contribution in [0.1, 0.15) is 103 Å². The molecule has 4 aliphatic rings. The predicted octanol–water partition coefficient (Wildman–Crippen LogP) is 1.55. The third kappa shape index (κ3) is 6.98. The topological polar surface area (TPSA) is 238 Å². The summed E-state index contributed by atoms with van der Waals surface area (Å²) < 4.78 is 3.26. The molecular weight excluding hydrogens is 670 g/mol. The number of nitrogens with two attached hydrogens (primary N) is 1. The summed E-state index contributed by atoms with van der Waals surface area (Å²) in [6.45, 7) is 3.27. The summed E-state index contributed by atoms with van der Waals surface area (Å²) in [4.78, 5) is 74.8. The minimum absolute atomic E-state index is 0.0689. The van der Waals surface area contributed by atoms with E-state index in [1.165, 1.54) is 0 Å². The number of fused-ring (bicyclic) bond motifs is 2. The number of aryl methyl sites for hydroxylation is 1. The van der Waals surface area contributed by atoms with Gasteiger partial charge in [0.1, 0.15) is 41.2 Å². The molecule has 3 atom stereocenters. The van der Waals surface area contributed by atoms with Gasteiger partial charge in [0.25, 0.3) is 11.1 Å². The molecule has 2 fully saturated rings. The van der Waals surface area contributed by atoms with Crippen molar-refractivity contribution >= 4 is 28.9 Å². The Morgan fingerprint density at radius 3 is 2.02 bits per heavy atom. The maximum absolute atomic E-state index is 13.6. The van der Waals surface area contributed by atoms with Crippen LogP contribution in [0.25, 0.3) is 0 Å². The van der Waals surface area contributed by atoms with Crippen molar-refractivity contribution in [1.29, 1.82) is 0 Å². The Kier molecular flexibility index (Phi) is 10.5. The average molecular weight is 722 g/mol. The summed E-state index contributed by atoms with van der Waals surface area (Å²) >= 11 is 0. The maximum atomic E-state index is 13.6. The summed E-state index contributed by atoms with van der Waals surface area (Å²) in [6, 6.07) is -0.0689. The Bertz CT molecular complexity index is 1960. The lowest BCUT2D eigenvalue weighted by molar-refractivity contribution is -0.118. The van der Waals surface area contributed by atoms with Crippen LogP contribution in [-0.2, 0) is 24.3 Å². The average Bonchev–Trinajstić information content (AvgIpc) is 3.96. The van der Waals surface area contributed by atoms with Crippen LogP contribution in [-0.4, -0.2) is 70.6 Å². The summed E-state index contributed by atoms with van der Waals surface area (Å²) in [5.74, 6) is 1.93. The number of nitrogens with one attached hydrogen (secondary N) is 5. The second-order valence-corrected chi connectivity index (χ2v) is 14.8. The number of hydrogen-bond acceptors (Lipinski definition) is 12. The first-order valence-electron chi connectivity index (χ1n) is 19.1. The number of aromatic amines is 3. The van der Waals surface area contributed by atoms with E-state index in [2.05, 4.69) is 57.9 Å². The molecule has 1 amide bonds. The number of amides is 1. The van der Waals surface area contributed by atoms with Crippen molar-refractivity contribution < 1.29 is 4.79 Å². The number of anilines is 4. The van der Waals surface area contributed by atoms with Crippen LogP contribution in [0, 0.1) is 11.8 Å². The number of nitrogens with zero attached hydrogens (tertiary/aromatic N) is 7. The van der Waals surface area contributed by atoms with Gasteiger partial charge in [0.05, 0.1) is 0 Å². The summed E-state index contributed by atoms with van der Waals surface area (Å²) in [5, 5.41) is 21.2. The first-order chi connectivity index (χ1) is 25.2. The molecule has 2 aliphatic heterocycles. The lowest BCUT2D eigenvalue weighted by Crippen LogP contribution is -2.50. The second-order valence-electron chi connectivity index (χ2n) is 14.8. The minimum atomic E-state index is -0.513. The van der Waals surface area contributed by atoms with E-state index in [4.69, 9.17) is 5.73 Å². The number of aromatic nitrogens is 8. The molecule has 0 saturated heterocycles. The van der Waals surface area contributed by atoms with Crippen LogP contribution in [0.5, 0.6) is 0 Å². The number of primary amides is 1. The van der Waals surface area contributed by atoms with Gasteiger partial charge in [-0.25, -0.2) is 14.7 Å². The zero-order chi connectivity index (χ0) is 36.4. The molecule has 18 nitrogen and oxygen atoms in total. The quantitative estimate of drug-likeness (QED) is 0.124. The third-order valence-electron chi connectivity index (χ3n) is 11.5. The molecule has 7 N–H and O–H groups in total. The van der Waals surface area contributed by atoms with Crippen molar-refractivity contribution in [2.45, 2.75) is 135 Å². The molecule has 2 aliphatic carbocycles. The van der Waals surface area contributed by atoms with Gasteiger partial charge in [-0.2, -0.15) is 0 Å². The summed E-state index contributed by atoms with van der Waals surface area (Å²) in [7, 11) is 0. The van der Waals surface area contributed by atoms with Crippen LogP contribution in [0.3, 0.4) is 0 Å². The third-order valence-corrected chi connectivity index (χ3v) is 11.5. The highest BCUT2D eigenvalue weighted by Crippen LogP contribution is 2.43. The first kappa shape index (κ1) is 35.5. The van der Waals surface area contributed by atoms with Crippen LogP contribution >= 0.6 is 0 Å². The minimum Gasteiger partial charge on any atom is -0.370 e. The van der Waals surface area contributed by atoms with Crippen LogP contribution in [0.2, 0.25) is 0 Å². The fourth-order valence-corrected chi connectivity index (χ4v) is 9.12. The Morgan fingerprint density at radius 2 is 1.40 bits per heavy atom. The Morgan fingerprint density at radius 1 is 0.808 bits per heavy atom. The molecule has 52 heavy (non-hydrogen) atoms. The molecule has 2 saturated carbocycles. The molecule has 282 valence electrons. The first-order valence-corrected chi connectivity index (χ1v) is 19.1. The highest BCUT2D eigenvalue weighted by atomic mass is 16.2. The van der Waals surface area contributed by atoms with Gasteiger partial charge in [-0.3, -0.25) is 33.5 Å². The fourth-order valence-electron chi connectivity index (χ4n) is 9.12. The number of hydrogen-bond donors (Lipinski definition) is 6. The standard InChI is InChI=1S/C34H51N13O5/c1-2-9-22(16-19-44-27(20-10-3-4-11-20)36-25-29(49)38-33(51)45(31(25)44)17-7-14-23(35)48)47-28(21-12-5-6-13-21)37-26-30(50)39-34(52)46(32(26)47)18-8-15-24-40-42-43-41-24/h20-22,27-28,36-37H,2-19H2,1H3,(H2,35,48)(H,38,49,51)(H,39,50,52)(H,40,41,42,43). The Labute approximate surface area is 299 Å². The van der Waals surface area contributed by atoms with Crippen LogP contribution < -0.4 is 48.7 Å². The molecule has 0 radical (unpaired) electrons. The largest absolute Gasteiger partial charge is 0.370 e. The van der Waals surface area contributed by atoms with E-state index < -0.39 is 28.4 Å². The molecule has 3 aromatic rings. The highest BCUT2D eigenvalue weighted by Gasteiger charge is 2.44. The Hall–Kier alpha value is -4.90. The van der Waals surface area contributed by atoms with Crippen molar-refractivity contribution in [3.8, 4) is 0 Å². The van der Waals surface area contributed by atoms with E-state index in [0.29, 0.717) is 73.5 Å². The van der Waals surface area contributed by atoms with Crippen molar-refractivity contribution in [2.24, 2.45) is 17.6 Å². The van der Waals surface area contributed by atoms with Gasteiger partial charge in [-0.15, -0.1) is 5.10 Å². The molecule has 7 rings (SSSR count). The smallest absolute Gasteiger partial charge is 0.330 e. The molecule has 0 bridgehead atoms. The maximum Gasteiger partial charge on any atom is 0.330 e. The number of carbonyl (C=O) groups excluding carboxylic acids is 1. The molecule has 3 unspecified atom stereocenters. The van der Waals surface area contributed by atoms with Gasteiger partial charge in [0.2, 0.25) is 5.91 Å². The monoisotopic (exact) mass is 721 g/mol. The molecule has 5 heterocycles. The van der Waals surface area contributed by atoms with Gasteiger partial charge >= 0.3 is 11.4 Å². The van der Waals surface area contributed by atoms with Crippen LogP contribution in [0.15, 0.2) is 19.2 Å². The van der Waals surface area contributed by atoms with E-state index >= 15 is 0 Å². The van der Waals surface area contributed by atoms with E-state index in [1.807, 2.05) is 0 Å². The summed E-state index contributed by atoms with van der Waals surface area (Å²) in [5.41, 5.74) is 4.39. The van der Waals surface area contributed by atoms with Gasteiger partial charge in [-0.05, 0) is 73.6 Å². The van der Waals surface area contributed by atoms with Gasteiger partial charge < -0.3 is 26.2 Å². The number of carbonyl (C=O) groups is 1. The Balaban J connectivity index is 1.25. The zero-order valence-corrected chi connectivity index (χ0v) is 29.9. The predicted molar refractivity (Wildman–Crippen MR) is 195 cm³/mol. The number of rotatable bonds is 16. The van der Waals surface area contributed by atoms with Crippen molar-refractivity contribution in [1.82, 2.24) is 39.7 Å². The highest BCUT2D eigenvalue weighted by molar-refractivity contribution is 5.74. The molecule has 18 heteroatoms. The van der Waals surface area contributed by atoms with Crippen molar-refractivity contribution in [2.75, 3.05) is 27.0 Å². The lowest BCUT2D eigenvalue weighted by atomic mass is 9.99. The van der Waals surface area contributed by atoms with Crippen molar-refractivity contribution in [3.63, 3.8) is 0 Å². The molecular formula is C34H51N13O5. The van der Waals surface area contributed by atoms with Gasteiger partial charge in [0.15, 0.2) is 0 Å². The van der Waals surface area contributed by atoms with Gasteiger partial charge in [-0.1, -0.05) is 39.0 Å². The summed E-state index contributed by atoms with van der Waals surface area (Å²) in [6.07, 6.45) is 12.1.